The molecule has 538 valence electrons. The summed E-state index contributed by atoms with van der Waals surface area (Å²) >= 11 is 6.67. The van der Waals surface area contributed by atoms with E-state index in [0.717, 1.165) is 81.6 Å². The Morgan fingerprint density at radius 1 is 0.525 bits per heavy atom. The van der Waals surface area contributed by atoms with Gasteiger partial charge in [-0.25, -0.2) is 19.9 Å². The van der Waals surface area contributed by atoms with Gasteiger partial charge >= 0.3 is 22.5 Å². The summed E-state index contributed by atoms with van der Waals surface area (Å²) in [6.07, 6.45) is 9.92. The van der Waals surface area contributed by atoms with Gasteiger partial charge in [0, 0.05) is 39.2 Å². The number of aryl methyl sites for hydroxylation is 1. The maximum absolute atomic E-state index is 12.1. The lowest BCUT2D eigenvalue weighted by Crippen LogP contribution is -2.22. The lowest BCUT2D eigenvalue weighted by molar-refractivity contribution is -0.386. The summed E-state index contributed by atoms with van der Waals surface area (Å²) in [5, 5.41) is 40.7. The molecule has 0 saturated carbocycles. The number of pyridine rings is 3. The van der Waals surface area contributed by atoms with Gasteiger partial charge < -0.3 is 35.0 Å². The highest BCUT2D eigenvalue weighted by atomic mass is 32.1. The van der Waals surface area contributed by atoms with Crippen LogP contribution in [0.3, 0.4) is 0 Å². The highest BCUT2D eigenvalue weighted by Gasteiger charge is 2.17. The molecule has 0 unspecified atom stereocenters. The number of aliphatic hydroxyl groups is 2. The number of fused-ring (bicyclic) bond motifs is 4. The van der Waals surface area contributed by atoms with Crippen LogP contribution in [0, 0.1) is 43.9 Å². The number of nitrogens with two attached hydrogens (primary N) is 1. The van der Waals surface area contributed by atoms with Crippen molar-refractivity contribution in [2.45, 2.75) is 164 Å². The monoisotopic (exact) mass is 1430 g/mol. The third-order valence-electron chi connectivity index (χ3n) is 14.3. The molecule has 0 aliphatic rings. The van der Waals surface area contributed by atoms with Crippen LogP contribution in [0.15, 0.2) is 142 Å². The minimum atomic E-state index is -0.723. The number of nitrogens with zero attached hydrogens (tertiary/aromatic N) is 9. The molecular weight excluding hydrogens is 1330 g/mol. The minimum absolute atomic E-state index is 0. The van der Waals surface area contributed by atoms with E-state index in [1.165, 1.54) is 95.5 Å². The topological polar surface area (TPSA) is 284 Å². The van der Waals surface area contributed by atoms with Crippen molar-refractivity contribution in [3.63, 3.8) is 0 Å². The third kappa shape index (κ3) is 26.8. The number of aliphatic hydroxyl groups excluding tert-OH is 2. The number of nitrogens with one attached hydrogen (secondary N) is 1. The Balaban J connectivity index is 0.000000415. The summed E-state index contributed by atoms with van der Waals surface area (Å²) in [4.78, 5) is 77.0. The summed E-state index contributed by atoms with van der Waals surface area (Å²) in [5.41, 5.74) is 13.1. The van der Waals surface area contributed by atoms with Crippen molar-refractivity contribution in [1.29, 1.82) is 0 Å². The standard InChI is InChI=1S/C17H17N3O3S.C17H19N3OS.C13H17NS.C12H15NOS.C6H15N.C5H4N2O3.C2H6.CH4O.2CH4/c1-11(2)9-12-5-3-6-13-16(12)24-15(18-13)10-19-8-4-7-14(17(19)21)20(22)23;1-11(2)9-12-5-3-7-14-16(12)22-15(19-14)10-20-8-4-6-13(18)17(20)21;1-4-12-14-11-7-5-6-10(8-9(2)3)13(11)15-12;1-8(2)6-9-4-3-5-10-12(9)15-11(7-14)13-10;1-4-7(5-2)6-3;8-5-4(7(9)10)2-1-3-6-5;2*1-2;;/h3-8,11H,9-10H2,1-2H3;3-8,11H,9-10,18H2,1-2H3;5-7,9H,4,8H2,1-3H3;3-5,8,14H,6-7H2,1-2H3;4-6H2,1-3H3;1-3H,(H,6,8);1-2H3;2H,1H3;2*1H4/i;;;;;;1D;;;. The molecule has 0 aliphatic carbocycles. The van der Waals surface area contributed by atoms with E-state index in [1.807, 2.05) is 41.7 Å². The highest BCUT2D eigenvalue weighted by molar-refractivity contribution is 7.19. The second-order valence-electron chi connectivity index (χ2n) is 23.6. The quantitative estimate of drug-likeness (QED) is 0.0432. The summed E-state index contributed by atoms with van der Waals surface area (Å²) in [7, 11) is 1.00. The van der Waals surface area contributed by atoms with Crippen LogP contribution in [0.25, 0.3) is 40.9 Å². The van der Waals surface area contributed by atoms with E-state index in [1.54, 1.807) is 70.0 Å². The Kier molecular flexibility index (Phi) is 38.4. The molecule has 20 nitrogen and oxygen atoms in total. The Morgan fingerprint density at radius 3 is 1.18 bits per heavy atom. The lowest BCUT2D eigenvalue weighted by Gasteiger charge is -2.13. The van der Waals surface area contributed by atoms with Gasteiger partial charge in [-0.15, -0.1) is 45.3 Å². The average Bonchev–Trinajstić information content (AvgIpc) is 1.63. The Bertz CT molecular complexity index is 4320. The number of aromatic nitrogens is 7. The lowest BCUT2D eigenvalue weighted by atomic mass is 10.0. The summed E-state index contributed by atoms with van der Waals surface area (Å²) in [6.45, 7) is 33.1. The second-order valence-corrected chi connectivity index (χ2v) is 28.0. The van der Waals surface area contributed by atoms with Crippen LogP contribution < -0.4 is 22.4 Å². The minimum Gasteiger partial charge on any atom is -0.400 e. The number of rotatable bonds is 19. The molecule has 0 bridgehead atoms. The maximum atomic E-state index is 12.1. The zero-order valence-electron chi connectivity index (χ0n) is 59.4. The van der Waals surface area contributed by atoms with E-state index in [-0.39, 0.29) is 39.3 Å². The van der Waals surface area contributed by atoms with Crippen LogP contribution in [-0.4, -0.2) is 85.8 Å². The number of H-pyrrole nitrogens is 1. The van der Waals surface area contributed by atoms with Crippen LogP contribution in [0.4, 0.5) is 17.1 Å². The van der Waals surface area contributed by atoms with E-state index < -0.39 is 32.3 Å². The summed E-state index contributed by atoms with van der Waals surface area (Å²) < 4.78 is 14.1. The van der Waals surface area contributed by atoms with Crippen molar-refractivity contribution in [3.05, 3.63) is 221 Å². The highest BCUT2D eigenvalue weighted by Crippen LogP contribution is 2.32. The Hall–Kier alpha value is -8.23. The molecule has 0 atom stereocenters. The normalized spacial score (nSPS) is 10.7. The zero-order chi connectivity index (χ0) is 72.6. The first kappa shape index (κ1) is 85.0. The van der Waals surface area contributed by atoms with E-state index >= 15 is 0 Å². The Morgan fingerprint density at radius 2 is 0.859 bits per heavy atom. The van der Waals surface area contributed by atoms with Gasteiger partial charge in [0.05, 0.1) is 81.1 Å². The molecule has 5 N–H and O–H groups in total. The number of benzene rings is 4. The number of nitro groups is 2. The molecule has 0 saturated heterocycles. The van der Waals surface area contributed by atoms with Gasteiger partial charge in [0.25, 0.3) is 5.56 Å². The molecule has 0 aliphatic heterocycles. The fourth-order valence-corrected chi connectivity index (χ4v) is 14.1. The molecular formula is C75H105N11O9S4. The molecule has 0 spiro atoms. The van der Waals surface area contributed by atoms with Crippen molar-refractivity contribution >= 4 is 103 Å². The number of anilines is 1. The first-order chi connectivity index (χ1) is 46.9. The van der Waals surface area contributed by atoms with Gasteiger partial charge in [0.1, 0.15) is 15.0 Å². The van der Waals surface area contributed by atoms with Crippen LogP contribution in [0.2, 0.25) is 0 Å². The predicted octanol–water partition coefficient (Wildman–Crippen LogP) is 17.5. The van der Waals surface area contributed by atoms with Crippen molar-refractivity contribution in [3.8, 4) is 0 Å². The smallest absolute Gasteiger partial charge is 0.334 e. The number of nitrogen functional groups attached to an aromatic ring is 1. The van der Waals surface area contributed by atoms with Gasteiger partial charge in [-0.05, 0) is 146 Å². The van der Waals surface area contributed by atoms with Crippen LogP contribution in [-0.2, 0) is 51.8 Å². The van der Waals surface area contributed by atoms with E-state index in [9.17, 15) is 34.6 Å². The maximum Gasteiger partial charge on any atom is 0.334 e. The van der Waals surface area contributed by atoms with Crippen molar-refractivity contribution < 1.29 is 21.4 Å². The van der Waals surface area contributed by atoms with Gasteiger partial charge in [-0.3, -0.25) is 34.6 Å². The molecule has 7 heterocycles. The van der Waals surface area contributed by atoms with Crippen molar-refractivity contribution in [2.24, 2.45) is 23.7 Å². The SMILES string of the molecule is C.C.CC(C)Cc1cccc2nc(CO)sc12.CC(C)Cc1cccc2nc(Cn3cccc(N)c3=O)sc12.CC(C)Cc1cccc2nc(Cn3cccc([N+](=O)[O-])c3=O)sc12.CCN(CC)CC.CCc1nc2cccc(CC(C)C)c2s1.CO.O=c1[nH]cccc1[N+](=O)[O-].[2H]CC. The zero-order valence-corrected chi connectivity index (χ0v) is 61.7. The van der Waals surface area contributed by atoms with Crippen LogP contribution >= 0.6 is 45.3 Å². The molecule has 0 radical (unpaired) electrons. The molecule has 4 aromatic carbocycles. The fraction of sp³-hybridized carbons (Fsp3) is 0.427. The average molecular weight is 1430 g/mol. The molecule has 99 heavy (non-hydrogen) atoms. The first-order valence-electron chi connectivity index (χ1n) is 33.3. The van der Waals surface area contributed by atoms with E-state index in [2.05, 4.69) is 155 Å². The second kappa shape index (κ2) is 44.7. The number of aromatic amines is 1. The number of hydrogen-bond donors (Lipinski definition) is 4. The van der Waals surface area contributed by atoms with E-state index in [0.29, 0.717) is 37.1 Å². The third-order valence-corrected chi connectivity index (χ3v) is 19.0. The van der Waals surface area contributed by atoms with Crippen LogP contribution in [0.5, 0.6) is 0 Å². The molecule has 11 aromatic rings. The first-order valence-corrected chi connectivity index (χ1v) is 35.8. The summed E-state index contributed by atoms with van der Waals surface area (Å²) in [5.74, 6) is 2.51. The number of thiazole rings is 4. The van der Waals surface area contributed by atoms with Gasteiger partial charge in [0.15, 0.2) is 0 Å². The fourth-order valence-electron chi connectivity index (χ4n) is 9.95. The predicted molar refractivity (Wildman–Crippen MR) is 419 cm³/mol. The molecule has 24 heteroatoms. The van der Waals surface area contributed by atoms with E-state index in [4.69, 9.17) is 17.3 Å². The van der Waals surface area contributed by atoms with Crippen molar-refractivity contribution in [2.75, 3.05) is 32.5 Å². The molecule has 0 fully saturated rings. The van der Waals surface area contributed by atoms with Gasteiger partial charge in [-0.1, -0.05) is 160 Å². The molecule has 0 amide bonds. The molecule has 11 rings (SSSR count). The Labute approximate surface area is 601 Å². The van der Waals surface area contributed by atoms with Gasteiger partial charge in [0.2, 0.25) is 0 Å². The summed E-state index contributed by atoms with van der Waals surface area (Å²) in [6, 6.07) is 33.7. The van der Waals surface area contributed by atoms with Crippen LogP contribution in [0.1, 0.15) is 155 Å². The largest absolute Gasteiger partial charge is 0.400 e. The van der Waals surface area contributed by atoms with Gasteiger partial charge in [-0.2, -0.15) is 0 Å². The van der Waals surface area contributed by atoms with Crippen molar-refractivity contribution in [1.82, 2.24) is 39.0 Å². The molecule has 7 aromatic heterocycles. The number of hydrogen-bond acceptors (Lipinski definition) is 19.